The van der Waals surface area contributed by atoms with Gasteiger partial charge in [-0.25, -0.2) is 0 Å². The molecule has 1 amide bonds. The predicted octanol–water partition coefficient (Wildman–Crippen LogP) is 1.35. The molecule has 2 N–H and O–H groups in total. The van der Waals surface area contributed by atoms with Gasteiger partial charge < -0.3 is 15.4 Å². The van der Waals surface area contributed by atoms with Crippen LogP contribution < -0.4 is 15.4 Å². The maximum Gasteiger partial charge on any atom is 0.278 e. The number of carbonyl (C=O) groups excluding carboxylic acids is 1. The number of hydrogen-bond donors (Lipinski definition) is 1. The number of rotatable bonds is 1. The minimum Gasteiger partial charge on any atom is -0.490 e. The highest BCUT2D eigenvalue weighted by molar-refractivity contribution is 6.09. The second-order valence-electron chi connectivity index (χ2n) is 4.74. The molecule has 0 saturated heterocycles. The maximum atomic E-state index is 12.7. The molecule has 0 fully saturated rings. The molecule has 0 saturated carbocycles. The lowest BCUT2D eigenvalue weighted by atomic mass is 10.2. The Morgan fingerprint density at radius 2 is 2.15 bits per heavy atom. The van der Waals surface area contributed by atoms with Crippen LogP contribution in [0.5, 0.6) is 5.75 Å². The van der Waals surface area contributed by atoms with Gasteiger partial charge in [0.1, 0.15) is 18.1 Å². The van der Waals surface area contributed by atoms with E-state index < -0.39 is 0 Å². The van der Waals surface area contributed by atoms with Crippen LogP contribution in [-0.2, 0) is 7.05 Å². The van der Waals surface area contributed by atoms with Gasteiger partial charge in [-0.05, 0) is 19.1 Å². The normalized spacial score (nSPS) is 13.8. The zero-order valence-corrected chi connectivity index (χ0v) is 11.5. The average molecular weight is 272 g/mol. The van der Waals surface area contributed by atoms with Crippen molar-refractivity contribution >= 4 is 17.3 Å². The van der Waals surface area contributed by atoms with Gasteiger partial charge in [0.25, 0.3) is 5.91 Å². The molecule has 1 aromatic heterocycles. The zero-order valence-electron chi connectivity index (χ0n) is 11.5. The number of nitrogens with zero attached hydrogens (tertiary/aromatic N) is 3. The quantitative estimate of drug-likeness (QED) is 0.850. The fourth-order valence-electron chi connectivity index (χ4n) is 2.44. The molecule has 20 heavy (non-hydrogen) atoms. The van der Waals surface area contributed by atoms with Gasteiger partial charge in [-0.2, -0.15) is 5.10 Å². The lowest BCUT2D eigenvalue weighted by Gasteiger charge is -2.29. The van der Waals surface area contributed by atoms with Gasteiger partial charge in [-0.3, -0.25) is 9.48 Å². The minimum absolute atomic E-state index is 0.152. The summed E-state index contributed by atoms with van der Waals surface area (Å²) in [6.07, 6.45) is 0. The molecule has 1 aliphatic heterocycles. The fourth-order valence-corrected chi connectivity index (χ4v) is 2.44. The number of nitrogens with two attached hydrogens (primary N) is 1. The monoisotopic (exact) mass is 272 g/mol. The Balaban J connectivity index is 2.04. The summed E-state index contributed by atoms with van der Waals surface area (Å²) in [6, 6.07) is 7.49. The van der Waals surface area contributed by atoms with E-state index in [9.17, 15) is 4.79 Å². The SMILES string of the molecule is Cc1nn(C)c(C(=O)N2CCOc3ccccc32)c1N. The molecule has 0 bridgehead atoms. The number of ether oxygens (including phenoxy) is 1. The van der Waals surface area contributed by atoms with Crippen LogP contribution in [0.25, 0.3) is 0 Å². The van der Waals surface area contributed by atoms with Crippen molar-refractivity contribution in [1.29, 1.82) is 0 Å². The summed E-state index contributed by atoms with van der Waals surface area (Å²) in [5.41, 5.74) is 8.25. The first-order valence-electron chi connectivity index (χ1n) is 6.42. The fraction of sp³-hybridized carbons (Fsp3) is 0.286. The van der Waals surface area contributed by atoms with Crippen molar-refractivity contribution in [3.8, 4) is 5.75 Å². The van der Waals surface area contributed by atoms with Crippen LogP contribution in [0.1, 0.15) is 16.2 Å². The van der Waals surface area contributed by atoms with E-state index in [0.717, 1.165) is 5.69 Å². The smallest absolute Gasteiger partial charge is 0.278 e. The van der Waals surface area contributed by atoms with E-state index in [1.54, 1.807) is 18.9 Å². The van der Waals surface area contributed by atoms with Gasteiger partial charge in [-0.15, -0.1) is 0 Å². The first kappa shape index (κ1) is 12.5. The third-order valence-corrected chi connectivity index (χ3v) is 3.44. The lowest BCUT2D eigenvalue weighted by Crippen LogP contribution is -2.39. The molecule has 2 heterocycles. The van der Waals surface area contributed by atoms with Crippen LogP contribution in [0.15, 0.2) is 24.3 Å². The largest absolute Gasteiger partial charge is 0.490 e. The van der Waals surface area contributed by atoms with Crippen molar-refractivity contribution in [2.24, 2.45) is 7.05 Å². The maximum absolute atomic E-state index is 12.7. The number of anilines is 2. The van der Waals surface area contributed by atoms with Crippen molar-refractivity contribution in [3.05, 3.63) is 35.7 Å². The standard InChI is InChI=1S/C14H16N4O2/c1-9-12(15)13(17(2)16-9)14(19)18-7-8-20-11-6-4-3-5-10(11)18/h3-6H,7-8,15H2,1-2H3. The summed E-state index contributed by atoms with van der Waals surface area (Å²) >= 11 is 0. The van der Waals surface area contributed by atoms with Crippen molar-refractivity contribution in [2.45, 2.75) is 6.92 Å². The first-order chi connectivity index (χ1) is 9.59. The molecule has 3 rings (SSSR count). The number of aryl methyl sites for hydroxylation is 2. The van der Waals surface area contributed by atoms with Crippen LogP contribution in [0.3, 0.4) is 0 Å². The van der Waals surface area contributed by atoms with Gasteiger partial charge in [-0.1, -0.05) is 12.1 Å². The summed E-state index contributed by atoms with van der Waals surface area (Å²) in [6.45, 7) is 2.76. The molecule has 1 aliphatic rings. The van der Waals surface area contributed by atoms with E-state index in [0.29, 0.717) is 36.0 Å². The van der Waals surface area contributed by atoms with Crippen LogP contribution in [0, 0.1) is 6.92 Å². The molecule has 1 aromatic carbocycles. The molecular formula is C14H16N4O2. The van der Waals surface area contributed by atoms with E-state index in [1.807, 2.05) is 24.3 Å². The van der Waals surface area contributed by atoms with Crippen molar-refractivity contribution < 1.29 is 9.53 Å². The van der Waals surface area contributed by atoms with E-state index in [4.69, 9.17) is 10.5 Å². The number of hydrogen-bond acceptors (Lipinski definition) is 4. The molecule has 0 atom stereocenters. The number of fused-ring (bicyclic) bond motifs is 1. The topological polar surface area (TPSA) is 73.4 Å². The molecule has 2 aromatic rings. The molecule has 0 radical (unpaired) electrons. The molecule has 0 unspecified atom stereocenters. The summed E-state index contributed by atoms with van der Waals surface area (Å²) < 4.78 is 7.09. The molecule has 0 aliphatic carbocycles. The van der Waals surface area contributed by atoms with Crippen LogP contribution in [-0.4, -0.2) is 28.8 Å². The van der Waals surface area contributed by atoms with Crippen molar-refractivity contribution in [2.75, 3.05) is 23.8 Å². The highest BCUT2D eigenvalue weighted by Gasteiger charge is 2.28. The summed E-state index contributed by atoms with van der Waals surface area (Å²) in [7, 11) is 1.73. The summed E-state index contributed by atoms with van der Waals surface area (Å²) in [4.78, 5) is 14.4. The Bertz CT molecular complexity index is 678. The van der Waals surface area contributed by atoms with Gasteiger partial charge >= 0.3 is 0 Å². The second-order valence-corrected chi connectivity index (χ2v) is 4.74. The third-order valence-electron chi connectivity index (χ3n) is 3.44. The number of carbonyl (C=O) groups is 1. The van der Waals surface area contributed by atoms with E-state index >= 15 is 0 Å². The molecule has 6 nitrogen and oxygen atoms in total. The Hall–Kier alpha value is -2.50. The van der Waals surface area contributed by atoms with E-state index in [2.05, 4.69) is 5.10 Å². The molecule has 104 valence electrons. The van der Waals surface area contributed by atoms with E-state index in [-0.39, 0.29) is 5.91 Å². The molecular weight excluding hydrogens is 256 g/mol. The number of nitrogen functional groups attached to an aromatic ring is 1. The Labute approximate surface area is 116 Å². The lowest BCUT2D eigenvalue weighted by molar-refractivity contribution is 0.0968. The Kier molecular flexibility index (Phi) is 2.85. The highest BCUT2D eigenvalue weighted by atomic mass is 16.5. The highest BCUT2D eigenvalue weighted by Crippen LogP contribution is 2.32. The number of para-hydroxylation sites is 2. The zero-order chi connectivity index (χ0) is 14.3. The second kappa shape index (κ2) is 4.56. The minimum atomic E-state index is -0.152. The van der Waals surface area contributed by atoms with Gasteiger partial charge in [0.15, 0.2) is 0 Å². The van der Waals surface area contributed by atoms with Gasteiger partial charge in [0.05, 0.1) is 23.6 Å². The van der Waals surface area contributed by atoms with Gasteiger partial charge in [0.2, 0.25) is 0 Å². The predicted molar refractivity (Wildman–Crippen MR) is 76.0 cm³/mol. The van der Waals surface area contributed by atoms with E-state index in [1.165, 1.54) is 4.68 Å². The number of aromatic nitrogens is 2. The van der Waals surface area contributed by atoms with Crippen molar-refractivity contribution in [3.63, 3.8) is 0 Å². The summed E-state index contributed by atoms with van der Waals surface area (Å²) in [5, 5.41) is 4.20. The number of amides is 1. The third kappa shape index (κ3) is 1.80. The van der Waals surface area contributed by atoms with Crippen LogP contribution in [0.2, 0.25) is 0 Å². The van der Waals surface area contributed by atoms with Crippen LogP contribution >= 0.6 is 0 Å². The van der Waals surface area contributed by atoms with Gasteiger partial charge in [0, 0.05) is 7.05 Å². The Morgan fingerprint density at radius 1 is 1.40 bits per heavy atom. The number of benzene rings is 1. The summed E-state index contributed by atoms with van der Waals surface area (Å²) in [5.74, 6) is 0.561. The average Bonchev–Trinajstić information content (AvgIpc) is 2.71. The van der Waals surface area contributed by atoms with Crippen LogP contribution in [0.4, 0.5) is 11.4 Å². The molecule has 0 spiro atoms. The van der Waals surface area contributed by atoms with Crippen molar-refractivity contribution in [1.82, 2.24) is 9.78 Å². The Morgan fingerprint density at radius 3 is 2.85 bits per heavy atom. The first-order valence-corrected chi connectivity index (χ1v) is 6.42. The molecule has 6 heteroatoms.